The minimum Gasteiger partial charge on any atom is -0.496 e. The van der Waals surface area contributed by atoms with Crippen LogP contribution in [0, 0.1) is 0 Å². The van der Waals surface area contributed by atoms with Gasteiger partial charge in [0.15, 0.2) is 0 Å². The van der Waals surface area contributed by atoms with Crippen molar-refractivity contribution in [1.82, 2.24) is 15.3 Å². The van der Waals surface area contributed by atoms with E-state index in [1.54, 1.807) is 12.1 Å². The number of amides is 1. The number of aromatic nitrogens is 2. The number of para-hydroxylation sites is 1. The summed E-state index contributed by atoms with van der Waals surface area (Å²) in [5, 5.41) is 2.59. The molecule has 0 saturated carbocycles. The zero-order valence-electron chi connectivity index (χ0n) is 10.7. The lowest BCUT2D eigenvalue weighted by Crippen LogP contribution is -2.33. The fraction of sp³-hybridized carbons (Fsp3) is 0.154. The molecule has 1 aromatic heterocycles. The molecule has 1 aromatic carbocycles. The Labute approximate surface area is 113 Å². The lowest BCUT2D eigenvalue weighted by molar-refractivity contribution is 0.0948. The molecule has 0 aliphatic rings. The molecule has 0 aliphatic heterocycles. The number of H-pyrrole nitrogens is 2. The van der Waals surface area contributed by atoms with Crippen LogP contribution in [0.15, 0.2) is 40.1 Å². The summed E-state index contributed by atoms with van der Waals surface area (Å²) < 4.78 is 5.16. The van der Waals surface area contributed by atoms with Crippen LogP contribution in [0.4, 0.5) is 0 Å². The minimum absolute atomic E-state index is 0.153. The molecule has 20 heavy (non-hydrogen) atoms. The zero-order chi connectivity index (χ0) is 14.5. The Hall–Kier alpha value is -2.83. The summed E-state index contributed by atoms with van der Waals surface area (Å²) in [6, 6.07) is 7.21. The van der Waals surface area contributed by atoms with Crippen molar-refractivity contribution in [2.24, 2.45) is 0 Å². The van der Waals surface area contributed by atoms with Gasteiger partial charge >= 0.3 is 5.69 Å². The van der Waals surface area contributed by atoms with E-state index in [0.717, 1.165) is 11.8 Å². The Morgan fingerprint density at radius 2 is 2.05 bits per heavy atom. The van der Waals surface area contributed by atoms with Crippen molar-refractivity contribution in [2.45, 2.75) is 6.54 Å². The van der Waals surface area contributed by atoms with Gasteiger partial charge in [-0.25, -0.2) is 4.79 Å². The Balaban J connectivity index is 2.13. The first kappa shape index (κ1) is 13.6. The van der Waals surface area contributed by atoms with Crippen molar-refractivity contribution in [1.29, 1.82) is 0 Å². The van der Waals surface area contributed by atoms with Gasteiger partial charge in [-0.15, -0.1) is 0 Å². The monoisotopic (exact) mass is 275 g/mol. The molecule has 0 bridgehead atoms. The molecule has 7 nitrogen and oxygen atoms in total. The normalized spacial score (nSPS) is 10.1. The summed E-state index contributed by atoms with van der Waals surface area (Å²) in [5.74, 6) is 0.0663. The summed E-state index contributed by atoms with van der Waals surface area (Å²) in [7, 11) is 1.54. The van der Waals surface area contributed by atoms with Gasteiger partial charge in [0, 0.05) is 18.3 Å². The van der Waals surface area contributed by atoms with Crippen LogP contribution in [0.3, 0.4) is 0 Å². The lowest BCUT2D eigenvalue weighted by atomic mass is 10.2. The third kappa shape index (κ3) is 2.94. The molecule has 0 atom stereocenters. The van der Waals surface area contributed by atoms with Crippen molar-refractivity contribution >= 4 is 5.91 Å². The van der Waals surface area contributed by atoms with Crippen LogP contribution in [-0.2, 0) is 6.54 Å². The fourth-order valence-electron chi connectivity index (χ4n) is 1.70. The largest absolute Gasteiger partial charge is 0.496 e. The molecule has 0 spiro atoms. The van der Waals surface area contributed by atoms with E-state index in [9.17, 15) is 14.4 Å². The highest BCUT2D eigenvalue weighted by Crippen LogP contribution is 2.16. The Kier molecular flexibility index (Phi) is 3.99. The van der Waals surface area contributed by atoms with Gasteiger partial charge in [0.05, 0.1) is 7.11 Å². The highest BCUT2D eigenvalue weighted by atomic mass is 16.5. The number of hydrogen-bond donors (Lipinski definition) is 3. The van der Waals surface area contributed by atoms with Crippen LogP contribution >= 0.6 is 0 Å². The van der Waals surface area contributed by atoms with Gasteiger partial charge < -0.3 is 15.0 Å². The van der Waals surface area contributed by atoms with Crippen molar-refractivity contribution < 1.29 is 9.53 Å². The van der Waals surface area contributed by atoms with Crippen molar-refractivity contribution in [3.05, 3.63) is 62.4 Å². The summed E-state index contributed by atoms with van der Waals surface area (Å²) in [6.45, 7) is 0.210. The molecule has 0 fully saturated rings. The smallest absolute Gasteiger partial charge is 0.325 e. The first-order valence-electron chi connectivity index (χ1n) is 5.84. The number of benzene rings is 1. The molecule has 0 radical (unpaired) electrons. The van der Waals surface area contributed by atoms with Crippen LogP contribution in [0.2, 0.25) is 0 Å². The second-order valence-corrected chi connectivity index (χ2v) is 3.98. The second kappa shape index (κ2) is 5.87. The predicted octanol–water partition coefficient (Wildman–Crippen LogP) is 0.00180. The van der Waals surface area contributed by atoms with E-state index in [1.165, 1.54) is 7.11 Å². The van der Waals surface area contributed by atoms with Crippen molar-refractivity contribution in [3.8, 4) is 5.75 Å². The standard InChI is InChI=1S/C13H13N3O4/c1-20-10-5-3-2-4-8(10)6-14-11(17)9-7-15-13(19)16-12(9)18/h2-5,7H,6H2,1H3,(H,14,17)(H2,15,16,18,19). The highest BCUT2D eigenvalue weighted by Gasteiger charge is 2.11. The topological polar surface area (TPSA) is 104 Å². The number of ether oxygens (including phenoxy) is 1. The molecule has 2 aromatic rings. The van der Waals surface area contributed by atoms with Gasteiger partial charge in [-0.3, -0.25) is 14.6 Å². The molecule has 7 heteroatoms. The SMILES string of the molecule is COc1ccccc1CNC(=O)c1c[nH]c(=O)[nH]c1=O. The zero-order valence-corrected chi connectivity index (χ0v) is 10.7. The first-order valence-corrected chi connectivity index (χ1v) is 5.84. The van der Waals surface area contributed by atoms with E-state index >= 15 is 0 Å². The van der Waals surface area contributed by atoms with Crippen molar-refractivity contribution in [2.75, 3.05) is 7.11 Å². The van der Waals surface area contributed by atoms with Crippen LogP contribution in [0.25, 0.3) is 0 Å². The number of hydrogen-bond acceptors (Lipinski definition) is 4. The summed E-state index contributed by atoms with van der Waals surface area (Å²) in [4.78, 5) is 38.4. The van der Waals surface area contributed by atoms with E-state index in [4.69, 9.17) is 4.74 Å². The van der Waals surface area contributed by atoms with Gasteiger partial charge in [-0.1, -0.05) is 18.2 Å². The van der Waals surface area contributed by atoms with Gasteiger partial charge in [0.25, 0.3) is 11.5 Å². The van der Waals surface area contributed by atoms with E-state index in [-0.39, 0.29) is 12.1 Å². The third-order valence-electron chi connectivity index (χ3n) is 2.70. The van der Waals surface area contributed by atoms with Crippen LogP contribution in [0.5, 0.6) is 5.75 Å². The highest BCUT2D eigenvalue weighted by molar-refractivity contribution is 5.93. The Morgan fingerprint density at radius 3 is 2.75 bits per heavy atom. The summed E-state index contributed by atoms with van der Waals surface area (Å²) in [5.41, 5.74) is -0.758. The number of carbonyl (C=O) groups excluding carboxylic acids is 1. The maximum atomic E-state index is 11.9. The molecule has 0 saturated heterocycles. The van der Waals surface area contributed by atoms with Gasteiger partial charge in [0.1, 0.15) is 11.3 Å². The molecular formula is C13H13N3O4. The quantitative estimate of drug-likeness (QED) is 0.730. The predicted molar refractivity (Wildman–Crippen MR) is 71.8 cm³/mol. The number of carbonyl (C=O) groups is 1. The van der Waals surface area contributed by atoms with Crippen LogP contribution < -0.4 is 21.3 Å². The summed E-state index contributed by atoms with van der Waals surface area (Å²) >= 11 is 0. The van der Waals surface area contributed by atoms with Gasteiger partial charge in [-0.2, -0.15) is 0 Å². The molecule has 0 aliphatic carbocycles. The van der Waals surface area contributed by atoms with Crippen molar-refractivity contribution in [3.63, 3.8) is 0 Å². The number of methoxy groups -OCH3 is 1. The first-order chi connectivity index (χ1) is 9.61. The number of nitrogens with one attached hydrogen (secondary N) is 3. The molecule has 1 amide bonds. The van der Waals surface area contributed by atoms with E-state index in [0.29, 0.717) is 5.75 Å². The third-order valence-corrected chi connectivity index (χ3v) is 2.70. The van der Waals surface area contributed by atoms with E-state index < -0.39 is 17.2 Å². The molecule has 2 rings (SSSR count). The fourth-order valence-corrected chi connectivity index (χ4v) is 1.70. The minimum atomic E-state index is -0.730. The Bertz CT molecular complexity index is 733. The molecule has 104 valence electrons. The van der Waals surface area contributed by atoms with Crippen LogP contribution in [0.1, 0.15) is 15.9 Å². The average Bonchev–Trinajstić information content (AvgIpc) is 2.45. The van der Waals surface area contributed by atoms with Gasteiger partial charge in [-0.05, 0) is 6.07 Å². The molecular weight excluding hydrogens is 262 g/mol. The maximum Gasteiger partial charge on any atom is 0.325 e. The van der Waals surface area contributed by atoms with Gasteiger partial charge in [0.2, 0.25) is 0 Å². The second-order valence-electron chi connectivity index (χ2n) is 3.98. The Morgan fingerprint density at radius 1 is 1.30 bits per heavy atom. The number of aromatic amines is 2. The van der Waals surface area contributed by atoms with E-state index in [2.05, 4.69) is 10.3 Å². The molecule has 1 heterocycles. The lowest BCUT2D eigenvalue weighted by Gasteiger charge is -2.09. The summed E-state index contributed by atoms with van der Waals surface area (Å²) in [6.07, 6.45) is 1.08. The molecule has 0 unspecified atom stereocenters. The maximum absolute atomic E-state index is 11.9. The average molecular weight is 275 g/mol. The van der Waals surface area contributed by atoms with E-state index in [1.807, 2.05) is 17.1 Å². The number of rotatable bonds is 4. The molecule has 3 N–H and O–H groups in total. The van der Waals surface area contributed by atoms with Crippen LogP contribution in [-0.4, -0.2) is 23.0 Å².